The Balaban J connectivity index is 1.91. The highest BCUT2D eigenvalue weighted by Crippen LogP contribution is 2.16. The Morgan fingerprint density at radius 3 is 2.57 bits per heavy atom. The van der Waals surface area contributed by atoms with Crippen LogP contribution >= 0.6 is 12.6 Å². The second-order valence-corrected chi connectivity index (χ2v) is 7.12. The molecule has 23 heavy (non-hydrogen) atoms. The monoisotopic (exact) mass is 354 g/mol. The minimum absolute atomic E-state index is 0.0763. The van der Waals surface area contributed by atoms with Crippen LogP contribution in [-0.4, -0.2) is 37.6 Å². The lowest BCUT2D eigenvalue weighted by Crippen LogP contribution is -2.35. The lowest BCUT2D eigenvalue weighted by Gasteiger charge is -2.09. The summed E-state index contributed by atoms with van der Waals surface area (Å²) in [6.07, 6.45) is 0. The number of sulfonamides is 1. The van der Waals surface area contributed by atoms with Gasteiger partial charge in [0.1, 0.15) is 4.90 Å². The Labute approximate surface area is 140 Å². The molecule has 1 amide bonds. The van der Waals surface area contributed by atoms with E-state index in [0.29, 0.717) is 21.8 Å². The van der Waals surface area contributed by atoms with Gasteiger partial charge in [-0.1, -0.05) is 12.1 Å². The number of hydrogen-bond donors (Lipinski definition) is 4. The fourth-order valence-corrected chi connectivity index (χ4v) is 3.79. The maximum absolute atomic E-state index is 12.2. The number of nitrogens with zero attached hydrogens (tertiary/aromatic N) is 1. The third kappa shape index (κ3) is 4.12. The molecule has 0 unspecified atom stereocenters. The average molecular weight is 354 g/mol. The number of benzene rings is 1. The molecule has 0 fully saturated rings. The van der Waals surface area contributed by atoms with E-state index in [-0.39, 0.29) is 23.9 Å². The molecular formula is C14H18N4O3S2. The quantitative estimate of drug-likeness (QED) is 0.459. The van der Waals surface area contributed by atoms with Crippen LogP contribution in [0.2, 0.25) is 0 Å². The summed E-state index contributed by atoms with van der Waals surface area (Å²) in [6, 6.07) is 6.88. The first-order chi connectivity index (χ1) is 10.8. The molecule has 1 heterocycles. The van der Waals surface area contributed by atoms with Crippen molar-refractivity contribution in [3.8, 4) is 0 Å². The molecule has 124 valence electrons. The van der Waals surface area contributed by atoms with E-state index >= 15 is 0 Å². The Bertz CT molecular complexity index is 796. The fourth-order valence-electron chi connectivity index (χ4n) is 2.13. The molecular weight excluding hydrogens is 336 g/mol. The van der Waals surface area contributed by atoms with E-state index in [2.05, 4.69) is 32.9 Å². The molecule has 2 rings (SSSR count). The standard InChI is InChI=1S/C14H18N4O3S2/c1-9-13(10(2)18-17-9)23(20,21)16-8-7-15-14(19)11-5-3-4-6-12(11)22/h3-6,16,22H,7-8H2,1-2H3,(H,15,19)(H,17,18). The highest BCUT2D eigenvalue weighted by molar-refractivity contribution is 7.89. The molecule has 0 aliphatic heterocycles. The van der Waals surface area contributed by atoms with Gasteiger partial charge in [0.2, 0.25) is 10.0 Å². The molecule has 0 saturated heterocycles. The summed E-state index contributed by atoms with van der Waals surface area (Å²) in [5.74, 6) is -0.300. The first-order valence-electron chi connectivity index (χ1n) is 6.90. The number of carbonyl (C=O) groups excluding carboxylic acids is 1. The zero-order chi connectivity index (χ0) is 17.0. The minimum Gasteiger partial charge on any atom is -0.351 e. The van der Waals surface area contributed by atoms with Crippen molar-refractivity contribution >= 4 is 28.6 Å². The van der Waals surface area contributed by atoms with E-state index < -0.39 is 10.0 Å². The maximum Gasteiger partial charge on any atom is 0.252 e. The summed E-state index contributed by atoms with van der Waals surface area (Å²) in [5, 5.41) is 9.15. The maximum atomic E-state index is 12.2. The van der Waals surface area contributed by atoms with Crippen LogP contribution in [0.1, 0.15) is 21.7 Å². The van der Waals surface area contributed by atoms with Crippen molar-refractivity contribution in [1.82, 2.24) is 20.2 Å². The molecule has 0 spiro atoms. The van der Waals surface area contributed by atoms with E-state index in [9.17, 15) is 13.2 Å². The van der Waals surface area contributed by atoms with E-state index in [1.807, 2.05) is 0 Å². The number of aromatic amines is 1. The number of carbonyl (C=O) groups is 1. The molecule has 0 aliphatic rings. The van der Waals surface area contributed by atoms with Crippen molar-refractivity contribution < 1.29 is 13.2 Å². The Morgan fingerprint density at radius 2 is 1.96 bits per heavy atom. The van der Waals surface area contributed by atoms with Gasteiger partial charge in [0.25, 0.3) is 5.91 Å². The molecule has 2 aromatic rings. The Morgan fingerprint density at radius 1 is 1.26 bits per heavy atom. The number of amides is 1. The number of H-pyrrole nitrogens is 1. The van der Waals surface area contributed by atoms with Crippen LogP contribution < -0.4 is 10.0 Å². The van der Waals surface area contributed by atoms with Crippen LogP contribution in [0.15, 0.2) is 34.1 Å². The zero-order valence-corrected chi connectivity index (χ0v) is 14.5. The summed E-state index contributed by atoms with van der Waals surface area (Å²) in [4.78, 5) is 12.7. The molecule has 0 radical (unpaired) electrons. The van der Waals surface area contributed by atoms with E-state index in [1.54, 1.807) is 38.1 Å². The van der Waals surface area contributed by atoms with Crippen LogP contribution in [0, 0.1) is 13.8 Å². The second-order valence-electron chi connectivity index (χ2n) is 4.93. The van der Waals surface area contributed by atoms with Crippen LogP contribution in [-0.2, 0) is 10.0 Å². The molecule has 9 heteroatoms. The van der Waals surface area contributed by atoms with Crippen LogP contribution in [0.5, 0.6) is 0 Å². The largest absolute Gasteiger partial charge is 0.351 e. The SMILES string of the molecule is Cc1n[nH]c(C)c1S(=O)(=O)NCCNC(=O)c1ccccc1S. The molecule has 1 aromatic carbocycles. The highest BCUT2D eigenvalue weighted by Gasteiger charge is 2.21. The predicted octanol–water partition coefficient (Wildman–Crippen LogP) is 1.02. The van der Waals surface area contributed by atoms with Gasteiger partial charge in [-0.3, -0.25) is 9.89 Å². The Kier molecular flexibility index (Phi) is 5.45. The topological polar surface area (TPSA) is 104 Å². The summed E-state index contributed by atoms with van der Waals surface area (Å²) in [5.41, 5.74) is 1.33. The van der Waals surface area contributed by atoms with Crippen molar-refractivity contribution in [2.75, 3.05) is 13.1 Å². The van der Waals surface area contributed by atoms with Crippen LogP contribution in [0.25, 0.3) is 0 Å². The van der Waals surface area contributed by atoms with Crippen molar-refractivity contribution in [2.24, 2.45) is 0 Å². The van der Waals surface area contributed by atoms with Crippen LogP contribution in [0.3, 0.4) is 0 Å². The van der Waals surface area contributed by atoms with Crippen molar-refractivity contribution in [2.45, 2.75) is 23.6 Å². The predicted molar refractivity (Wildman–Crippen MR) is 89.3 cm³/mol. The normalized spacial score (nSPS) is 11.4. The first kappa shape index (κ1) is 17.5. The molecule has 0 bridgehead atoms. The van der Waals surface area contributed by atoms with Gasteiger partial charge in [-0.25, -0.2) is 13.1 Å². The number of rotatable bonds is 6. The zero-order valence-electron chi connectivity index (χ0n) is 12.8. The summed E-state index contributed by atoms with van der Waals surface area (Å²) >= 11 is 4.21. The third-order valence-corrected chi connectivity index (χ3v) is 5.29. The van der Waals surface area contributed by atoms with Crippen LogP contribution in [0.4, 0.5) is 0 Å². The van der Waals surface area contributed by atoms with Gasteiger partial charge >= 0.3 is 0 Å². The summed E-state index contributed by atoms with van der Waals surface area (Å²) < 4.78 is 26.9. The summed E-state index contributed by atoms with van der Waals surface area (Å²) in [7, 11) is -3.66. The van der Waals surface area contributed by atoms with Gasteiger partial charge in [0, 0.05) is 18.0 Å². The van der Waals surface area contributed by atoms with E-state index in [1.165, 1.54) is 0 Å². The molecule has 1 aromatic heterocycles. The minimum atomic E-state index is -3.66. The first-order valence-corrected chi connectivity index (χ1v) is 8.83. The third-order valence-electron chi connectivity index (χ3n) is 3.18. The van der Waals surface area contributed by atoms with Gasteiger partial charge in [0.15, 0.2) is 0 Å². The Hall–Kier alpha value is -1.84. The number of aromatic nitrogens is 2. The molecule has 0 aliphatic carbocycles. The fraction of sp³-hybridized carbons (Fsp3) is 0.286. The van der Waals surface area contributed by atoms with Gasteiger partial charge in [-0.15, -0.1) is 12.6 Å². The second kappa shape index (κ2) is 7.16. The van der Waals surface area contributed by atoms with Gasteiger partial charge < -0.3 is 5.32 Å². The molecule has 0 atom stereocenters. The van der Waals surface area contributed by atoms with Gasteiger partial charge in [0.05, 0.1) is 17.0 Å². The lowest BCUT2D eigenvalue weighted by molar-refractivity contribution is 0.0951. The number of hydrogen-bond acceptors (Lipinski definition) is 5. The number of nitrogens with one attached hydrogen (secondary N) is 3. The van der Waals surface area contributed by atoms with Crippen molar-refractivity contribution in [1.29, 1.82) is 0 Å². The summed E-state index contributed by atoms with van der Waals surface area (Å²) in [6.45, 7) is 3.49. The van der Waals surface area contributed by atoms with Crippen molar-refractivity contribution in [3.63, 3.8) is 0 Å². The smallest absolute Gasteiger partial charge is 0.252 e. The average Bonchev–Trinajstić information content (AvgIpc) is 2.83. The van der Waals surface area contributed by atoms with E-state index in [0.717, 1.165) is 0 Å². The number of thiol groups is 1. The molecule has 7 nitrogen and oxygen atoms in total. The highest BCUT2D eigenvalue weighted by atomic mass is 32.2. The number of aryl methyl sites for hydroxylation is 2. The lowest BCUT2D eigenvalue weighted by atomic mass is 10.2. The van der Waals surface area contributed by atoms with E-state index in [4.69, 9.17) is 0 Å². The molecule has 3 N–H and O–H groups in total. The van der Waals surface area contributed by atoms with Gasteiger partial charge in [-0.2, -0.15) is 5.10 Å². The van der Waals surface area contributed by atoms with Crippen molar-refractivity contribution in [3.05, 3.63) is 41.2 Å². The molecule has 0 saturated carbocycles. The van der Waals surface area contributed by atoms with Gasteiger partial charge in [-0.05, 0) is 26.0 Å².